The summed E-state index contributed by atoms with van der Waals surface area (Å²) in [4.78, 5) is 16.0. The molecule has 6 heteroatoms. The average molecular weight is 395 g/mol. The first-order chi connectivity index (χ1) is 14.2. The molecule has 4 rings (SSSR count). The number of nitrogens with one attached hydrogen (secondary N) is 3. The van der Waals surface area contributed by atoms with Crippen molar-refractivity contribution in [1.29, 1.82) is 0 Å². The standard InChI is InChI=1S/C23H26FN3O2/c24-20-4-2-1-3-19(20)22(15-29-14-16-7-10-25-11-8-16)27-23(28)18-6-5-17-9-12-26-21(17)13-18/h1-6,9,12-13,16,22,25-26H,7-8,10-11,14-15H2,(H,27,28). The van der Waals surface area contributed by atoms with E-state index >= 15 is 0 Å². The van der Waals surface area contributed by atoms with Gasteiger partial charge in [-0.15, -0.1) is 0 Å². The molecule has 1 unspecified atom stereocenters. The van der Waals surface area contributed by atoms with Crippen molar-refractivity contribution in [2.24, 2.45) is 5.92 Å². The van der Waals surface area contributed by atoms with Gasteiger partial charge in [0.2, 0.25) is 0 Å². The lowest BCUT2D eigenvalue weighted by molar-refractivity contribution is 0.0650. The van der Waals surface area contributed by atoms with Crippen molar-refractivity contribution in [2.75, 3.05) is 26.3 Å². The highest BCUT2D eigenvalue weighted by Gasteiger charge is 2.21. The fraction of sp³-hybridized carbons (Fsp3) is 0.348. The van der Waals surface area contributed by atoms with E-state index in [1.54, 1.807) is 30.3 Å². The Morgan fingerprint density at radius 2 is 2.00 bits per heavy atom. The summed E-state index contributed by atoms with van der Waals surface area (Å²) in [6.07, 6.45) is 3.99. The first kappa shape index (κ1) is 19.6. The summed E-state index contributed by atoms with van der Waals surface area (Å²) in [6.45, 7) is 2.86. The van der Waals surface area contributed by atoms with Crippen molar-refractivity contribution in [3.8, 4) is 0 Å². The van der Waals surface area contributed by atoms with Gasteiger partial charge in [-0.3, -0.25) is 4.79 Å². The van der Waals surface area contributed by atoms with Crippen molar-refractivity contribution in [2.45, 2.75) is 18.9 Å². The van der Waals surface area contributed by atoms with Gasteiger partial charge in [-0.25, -0.2) is 4.39 Å². The third-order valence-corrected chi connectivity index (χ3v) is 5.50. The Hall–Kier alpha value is -2.70. The number of H-pyrrole nitrogens is 1. The van der Waals surface area contributed by atoms with Crippen LogP contribution in [-0.2, 0) is 4.74 Å². The zero-order chi connectivity index (χ0) is 20.1. The number of ether oxygens (including phenoxy) is 1. The molecule has 1 aromatic heterocycles. The van der Waals surface area contributed by atoms with Gasteiger partial charge in [0.05, 0.1) is 12.6 Å². The lowest BCUT2D eigenvalue weighted by atomic mass is 9.99. The molecule has 152 valence electrons. The minimum Gasteiger partial charge on any atom is -0.379 e. The molecule has 0 aliphatic carbocycles. The maximum absolute atomic E-state index is 14.4. The van der Waals surface area contributed by atoms with Gasteiger partial charge in [-0.05, 0) is 61.5 Å². The van der Waals surface area contributed by atoms with Crippen LogP contribution in [0.2, 0.25) is 0 Å². The van der Waals surface area contributed by atoms with Crippen LogP contribution in [0.4, 0.5) is 4.39 Å². The molecule has 2 heterocycles. The number of benzene rings is 2. The number of hydrogen-bond donors (Lipinski definition) is 3. The van der Waals surface area contributed by atoms with Gasteiger partial charge < -0.3 is 20.4 Å². The summed E-state index contributed by atoms with van der Waals surface area (Å²) in [5, 5.41) is 7.33. The SMILES string of the molecule is O=C(NC(COCC1CCNCC1)c1ccccc1F)c1ccc2cc[nH]c2c1. The maximum Gasteiger partial charge on any atom is 0.251 e. The average Bonchev–Trinajstić information content (AvgIpc) is 3.22. The van der Waals surface area contributed by atoms with Crippen molar-refractivity contribution >= 4 is 16.8 Å². The zero-order valence-electron chi connectivity index (χ0n) is 16.3. The number of hydrogen-bond acceptors (Lipinski definition) is 3. The molecule has 3 aromatic rings. The molecule has 3 N–H and O–H groups in total. The molecule has 1 aliphatic rings. The van der Waals surface area contributed by atoms with Crippen LogP contribution in [0.5, 0.6) is 0 Å². The fourth-order valence-electron chi connectivity index (χ4n) is 3.80. The van der Waals surface area contributed by atoms with Crippen molar-refractivity contribution in [3.63, 3.8) is 0 Å². The van der Waals surface area contributed by atoms with Crippen LogP contribution < -0.4 is 10.6 Å². The normalized spacial score (nSPS) is 16.0. The Morgan fingerprint density at radius 1 is 1.17 bits per heavy atom. The Bertz CT molecular complexity index is 965. The van der Waals surface area contributed by atoms with Gasteiger partial charge in [-0.1, -0.05) is 24.3 Å². The van der Waals surface area contributed by atoms with E-state index in [1.165, 1.54) is 6.07 Å². The van der Waals surface area contributed by atoms with Gasteiger partial charge in [-0.2, -0.15) is 0 Å². The number of halogens is 1. The molecule has 0 spiro atoms. The second-order valence-electron chi connectivity index (χ2n) is 7.56. The van der Waals surface area contributed by atoms with E-state index in [9.17, 15) is 9.18 Å². The molecular weight excluding hydrogens is 369 g/mol. The largest absolute Gasteiger partial charge is 0.379 e. The molecule has 0 saturated carbocycles. The van der Waals surface area contributed by atoms with E-state index in [0.717, 1.165) is 36.8 Å². The van der Waals surface area contributed by atoms with E-state index < -0.39 is 6.04 Å². The van der Waals surface area contributed by atoms with E-state index in [0.29, 0.717) is 23.7 Å². The summed E-state index contributed by atoms with van der Waals surface area (Å²) >= 11 is 0. The van der Waals surface area contributed by atoms with E-state index in [4.69, 9.17) is 4.74 Å². The zero-order valence-corrected chi connectivity index (χ0v) is 16.3. The van der Waals surface area contributed by atoms with Crippen molar-refractivity contribution in [3.05, 3.63) is 71.7 Å². The summed E-state index contributed by atoms with van der Waals surface area (Å²) in [5.74, 6) is -0.0909. The van der Waals surface area contributed by atoms with Gasteiger partial charge in [0, 0.05) is 29.4 Å². The maximum atomic E-state index is 14.4. The Kier molecular flexibility index (Phi) is 6.22. The molecule has 1 fully saturated rings. The van der Waals surface area contributed by atoms with Crippen LogP contribution in [0, 0.1) is 11.7 Å². The first-order valence-corrected chi connectivity index (χ1v) is 10.1. The highest BCUT2D eigenvalue weighted by Crippen LogP contribution is 2.21. The number of aromatic amines is 1. The second-order valence-corrected chi connectivity index (χ2v) is 7.56. The Morgan fingerprint density at radius 3 is 2.83 bits per heavy atom. The van der Waals surface area contributed by atoms with Crippen LogP contribution in [0.3, 0.4) is 0 Å². The Balaban J connectivity index is 1.46. The van der Waals surface area contributed by atoms with Crippen LogP contribution in [0.1, 0.15) is 34.8 Å². The highest BCUT2D eigenvalue weighted by atomic mass is 19.1. The quantitative estimate of drug-likeness (QED) is 0.570. The highest BCUT2D eigenvalue weighted by molar-refractivity contribution is 5.98. The molecule has 0 bridgehead atoms. The molecule has 29 heavy (non-hydrogen) atoms. The van der Waals surface area contributed by atoms with E-state index in [2.05, 4.69) is 15.6 Å². The minimum absolute atomic E-state index is 0.237. The molecule has 1 atom stereocenters. The summed E-state index contributed by atoms with van der Waals surface area (Å²) in [6, 6.07) is 13.4. The third-order valence-electron chi connectivity index (χ3n) is 5.50. The number of amides is 1. The first-order valence-electron chi connectivity index (χ1n) is 10.1. The lowest BCUT2D eigenvalue weighted by Gasteiger charge is -2.25. The topological polar surface area (TPSA) is 66.2 Å². The van der Waals surface area contributed by atoms with Crippen LogP contribution in [-0.4, -0.2) is 37.2 Å². The number of rotatable bonds is 7. The predicted molar refractivity (Wildman–Crippen MR) is 111 cm³/mol. The van der Waals surface area contributed by atoms with Gasteiger partial charge in [0.15, 0.2) is 0 Å². The van der Waals surface area contributed by atoms with E-state index in [-0.39, 0.29) is 18.3 Å². The number of aromatic nitrogens is 1. The molecule has 1 saturated heterocycles. The number of fused-ring (bicyclic) bond motifs is 1. The van der Waals surface area contributed by atoms with Crippen LogP contribution in [0.25, 0.3) is 10.9 Å². The Labute approximate surface area is 169 Å². The summed E-state index contributed by atoms with van der Waals surface area (Å²) < 4.78 is 20.3. The van der Waals surface area contributed by atoms with Gasteiger partial charge in [0.25, 0.3) is 5.91 Å². The molecule has 2 aromatic carbocycles. The van der Waals surface area contributed by atoms with Crippen molar-refractivity contribution < 1.29 is 13.9 Å². The summed E-state index contributed by atoms with van der Waals surface area (Å²) in [7, 11) is 0. The smallest absolute Gasteiger partial charge is 0.251 e. The molecule has 0 radical (unpaired) electrons. The van der Waals surface area contributed by atoms with Crippen molar-refractivity contribution in [1.82, 2.24) is 15.6 Å². The molecular formula is C23H26FN3O2. The molecule has 1 amide bonds. The van der Waals surface area contributed by atoms with Gasteiger partial charge in [0.1, 0.15) is 5.82 Å². The lowest BCUT2D eigenvalue weighted by Crippen LogP contribution is -2.34. The third kappa shape index (κ3) is 4.83. The van der Waals surface area contributed by atoms with Crippen LogP contribution in [0.15, 0.2) is 54.7 Å². The fourth-order valence-corrected chi connectivity index (χ4v) is 3.80. The predicted octanol–water partition coefficient (Wildman–Crippen LogP) is 3.79. The molecule has 1 aliphatic heterocycles. The van der Waals surface area contributed by atoms with Crippen LogP contribution >= 0.6 is 0 Å². The number of carbonyl (C=O) groups excluding carboxylic acids is 1. The monoisotopic (exact) mass is 395 g/mol. The van der Waals surface area contributed by atoms with Gasteiger partial charge >= 0.3 is 0 Å². The molecule has 5 nitrogen and oxygen atoms in total. The minimum atomic E-state index is -0.551. The second kappa shape index (κ2) is 9.20. The number of carbonyl (C=O) groups is 1. The number of piperidine rings is 1. The van der Waals surface area contributed by atoms with E-state index in [1.807, 2.05) is 18.3 Å². The summed E-state index contributed by atoms with van der Waals surface area (Å²) in [5.41, 5.74) is 1.86.